The van der Waals surface area contributed by atoms with Gasteiger partial charge >= 0.3 is 0 Å². The van der Waals surface area contributed by atoms with E-state index in [1.54, 1.807) is 24.3 Å². The van der Waals surface area contributed by atoms with E-state index in [0.29, 0.717) is 11.4 Å². The summed E-state index contributed by atoms with van der Waals surface area (Å²) in [6.07, 6.45) is 3.48. The number of anilines is 2. The van der Waals surface area contributed by atoms with Crippen LogP contribution in [0.5, 0.6) is 0 Å². The van der Waals surface area contributed by atoms with E-state index in [1.165, 1.54) is 0 Å². The predicted octanol–water partition coefficient (Wildman–Crippen LogP) is 4.69. The first kappa shape index (κ1) is 19.2. The van der Waals surface area contributed by atoms with Crippen molar-refractivity contribution in [2.45, 2.75) is 49.2 Å². The van der Waals surface area contributed by atoms with Gasteiger partial charge in [0.25, 0.3) is 0 Å². The van der Waals surface area contributed by atoms with Gasteiger partial charge in [0.15, 0.2) is 0 Å². The number of nitrogens with one attached hydrogen (secondary N) is 2. The van der Waals surface area contributed by atoms with Crippen LogP contribution in [0.2, 0.25) is 0 Å². The van der Waals surface area contributed by atoms with Gasteiger partial charge in [0.2, 0.25) is 11.8 Å². The molecular formula is C16H22Br2N2O2. The zero-order valence-electron chi connectivity index (χ0n) is 12.9. The van der Waals surface area contributed by atoms with E-state index in [0.717, 1.165) is 25.7 Å². The number of hydrogen-bond donors (Lipinski definition) is 2. The Morgan fingerprint density at radius 1 is 0.864 bits per heavy atom. The Hall–Kier alpha value is -0.880. The van der Waals surface area contributed by atoms with Crippen LogP contribution in [0.3, 0.4) is 0 Å². The first-order valence-corrected chi connectivity index (χ1v) is 9.31. The number of carbonyl (C=O) groups excluding carboxylic acids is 2. The minimum Gasteiger partial charge on any atom is -0.325 e. The van der Waals surface area contributed by atoms with Gasteiger partial charge in [-0.1, -0.05) is 58.5 Å². The lowest BCUT2D eigenvalue weighted by Crippen LogP contribution is -2.23. The van der Waals surface area contributed by atoms with E-state index < -0.39 is 0 Å². The molecule has 0 heterocycles. The summed E-state index contributed by atoms with van der Waals surface area (Å²) in [5, 5.41) is 5.68. The maximum absolute atomic E-state index is 11.9. The molecular weight excluding hydrogens is 412 g/mol. The molecule has 0 bridgehead atoms. The normalized spacial score (nSPS) is 13.3. The van der Waals surface area contributed by atoms with Gasteiger partial charge in [0.1, 0.15) is 0 Å². The zero-order chi connectivity index (χ0) is 16.5. The van der Waals surface area contributed by atoms with Crippen molar-refractivity contribution in [3.05, 3.63) is 24.3 Å². The van der Waals surface area contributed by atoms with Crippen LogP contribution in [0.4, 0.5) is 11.4 Å². The fourth-order valence-corrected chi connectivity index (χ4v) is 2.99. The standard InChI is InChI=1S/C16H22Br2N2O2/c1-3-5-13(17)15(21)19-11-7-9-12(10-8-11)20-16(22)14(18)6-4-2/h7-10,13-14H,3-6H2,1-2H3,(H,19,21)(H,20,22)/t13-,14-/m0/s1. The maximum Gasteiger partial charge on any atom is 0.238 e. The Morgan fingerprint density at radius 3 is 1.45 bits per heavy atom. The fraction of sp³-hybridized carbons (Fsp3) is 0.500. The maximum atomic E-state index is 11.9. The third-order valence-electron chi connectivity index (χ3n) is 3.07. The molecule has 0 saturated heterocycles. The molecule has 2 amide bonds. The molecule has 0 radical (unpaired) electrons. The lowest BCUT2D eigenvalue weighted by molar-refractivity contribution is -0.116. The van der Waals surface area contributed by atoms with Gasteiger partial charge in [0, 0.05) is 11.4 Å². The first-order chi connectivity index (χ1) is 10.5. The van der Waals surface area contributed by atoms with Crippen molar-refractivity contribution in [2.24, 2.45) is 0 Å². The lowest BCUT2D eigenvalue weighted by atomic mass is 10.2. The number of amides is 2. The zero-order valence-corrected chi connectivity index (χ0v) is 16.0. The average Bonchev–Trinajstić information content (AvgIpc) is 2.49. The summed E-state index contributed by atoms with van der Waals surface area (Å²) in [5.74, 6) is -0.107. The molecule has 0 aromatic heterocycles. The third-order valence-corrected chi connectivity index (χ3v) is 4.82. The molecule has 122 valence electrons. The van der Waals surface area contributed by atoms with Gasteiger partial charge in [-0.25, -0.2) is 0 Å². The highest BCUT2D eigenvalue weighted by Gasteiger charge is 2.15. The van der Waals surface area contributed by atoms with Crippen molar-refractivity contribution in [1.29, 1.82) is 0 Å². The first-order valence-electron chi connectivity index (χ1n) is 7.47. The molecule has 0 aliphatic rings. The highest BCUT2D eigenvalue weighted by atomic mass is 79.9. The second kappa shape index (κ2) is 10.0. The predicted molar refractivity (Wildman–Crippen MR) is 98.9 cm³/mol. The summed E-state index contributed by atoms with van der Waals surface area (Å²) < 4.78 is 0. The molecule has 4 nitrogen and oxygen atoms in total. The molecule has 1 rings (SSSR count). The summed E-state index contributed by atoms with van der Waals surface area (Å²) >= 11 is 6.73. The molecule has 0 aliphatic heterocycles. The Kier molecular flexibility index (Phi) is 8.71. The highest BCUT2D eigenvalue weighted by Crippen LogP contribution is 2.18. The Bertz CT molecular complexity index is 446. The van der Waals surface area contributed by atoms with Crippen LogP contribution in [0.1, 0.15) is 39.5 Å². The Labute approximate surface area is 148 Å². The van der Waals surface area contributed by atoms with Crippen molar-refractivity contribution in [3.63, 3.8) is 0 Å². The quantitative estimate of drug-likeness (QED) is 0.584. The van der Waals surface area contributed by atoms with Crippen molar-refractivity contribution in [1.82, 2.24) is 0 Å². The summed E-state index contributed by atoms with van der Waals surface area (Å²) in [7, 11) is 0. The van der Waals surface area contributed by atoms with Gasteiger partial charge in [0.05, 0.1) is 9.65 Å². The molecule has 0 spiro atoms. The van der Waals surface area contributed by atoms with E-state index in [1.807, 2.05) is 13.8 Å². The number of hydrogen-bond acceptors (Lipinski definition) is 2. The number of alkyl halides is 2. The van der Waals surface area contributed by atoms with Crippen LogP contribution in [-0.4, -0.2) is 21.5 Å². The minimum absolute atomic E-state index is 0.0536. The molecule has 22 heavy (non-hydrogen) atoms. The smallest absolute Gasteiger partial charge is 0.238 e. The number of carbonyl (C=O) groups is 2. The van der Waals surface area contributed by atoms with Crippen molar-refractivity contribution >= 4 is 55.0 Å². The van der Waals surface area contributed by atoms with Crippen molar-refractivity contribution in [2.75, 3.05) is 10.6 Å². The molecule has 1 aromatic rings. The lowest BCUT2D eigenvalue weighted by Gasteiger charge is -2.12. The molecule has 0 saturated carbocycles. The van der Waals surface area contributed by atoms with E-state index in [-0.39, 0.29) is 21.5 Å². The topological polar surface area (TPSA) is 58.2 Å². The van der Waals surface area contributed by atoms with Crippen LogP contribution in [0.15, 0.2) is 24.3 Å². The van der Waals surface area contributed by atoms with Crippen LogP contribution >= 0.6 is 31.9 Å². The molecule has 0 aliphatic carbocycles. The number of halogens is 2. The van der Waals surface area contributed by atoms with E-state index in [4.69, 9.17) is 0 Å². The van der Waals surface area contributed by atoms with Gasteiger partial charge in [-0.05, 0) is 37.1 Å². The largest absolute Gasteiger partial charge is 0.325 e. The second-order valence-corrected chi connectivity index (χ2v) is 7.28. The molecule has 2 atom stereocenters. The third kappa shape index (κ3) is 6.48. The van der Waals surface area contributed by atoms with Crippen molar-refractivity contribution < 1.29 is 9.59 Å². The summed E-state index contributed by atoms with van der Waals surface area (Å²) in [4.78, 5) is 23.4. The van der Waals surface area contributed by atoms with E-state index in [9.17, 15) is 9.59 Å². The van der Waals surface area contributed by atoms with E-state index >= 15 is 0 Å². The second-order valence-electron chi connectivity index (χ2n) is 5.07. The Morgan fingerprint density at radius 2 is 1.18 bits per heavy atom. The van der Waals surface area contributed by atoms with E-state index in [2.05, 4.69) is 42.5 Å². The summed E-state index contributed by atoms with van der Waals surface area (Å²) in [6, 6.07) is 7.12. The highest BCUT2D eigenvalue weighted by molar-refractivity contribution is 9.10. The molecule has 0 unspecified atom stereocenters. The van der Waals surface area contributed by atoms with Crippen LogP contribution in [-0.2, 0) is 9.59 Å². The molecule has 2 N–H and O–H groups in total. The molecule has 0 fully saturated rings. The fourth-order valence-electron chi connectivity index (χ4n) is 1.85. The van der Waals surface area contributed by atoms with Gasteiger partial charge in [-0.15, -0.1) is 0 Å². The minimum atomic E-state index is -0.180. The summed E-state index contributed by atoms with van der Waals surface area (Å²) in [6.45, 7) is 4.07. The average molecular weight is 434 g/mol. The monoisotopic (exact) mass is 432 g/mol. The van der Waals surface area contributed by atoms with Crippen molar-refractivity contribution in [3.8, 4) is 0 Å². The molecule has 1 aromatic carbocycles. The number of benzene rings is 1. The van der Waals surface area contributed by atoms with Crippen LogP contribution in [0.25, 0.3) is 0 Å². The van der Waals surface area contributed by atoms with Gasteiger partial charge in [-0.2, -0.15) is 0 Å². The van der Waals surface area contributed by atoms with Gasteiger partial charge < -0.3 is 10.6 Å². The SMILES string of the molecule is CCC[C@H](Br)C(=O)Nc1ccc(NC(=O)[C@@H](Br)CCC)cc1. The molecule has 6 heteroatoms. The van der Waals surface area contributed by atoms with Crippen LogP contribution in [0, 0.1) is 0 Å². The number of rotatable bonds is 8. The van der Waals surface area contributed by atoms with Crippen LogP contribution < -0.4 is 10.6 Å². The van der Waals surface area contributed by atoms with Gasteiger partial charge in [-0.3, -0.25) is 9.59 Å². The summed E-state index contributed by atoms with van der Waals surface area (Å²) in [5.41, 5.74) is 1.43. The Balaban J connectivity index is 2.56.